The van der Waals surface area contributed by atoms with Gasteiger partial charge in [-0.05, 0) is 44.5 Å². The van der Waals surface area contributed by atoms with E-state index in [1.165, 1.54) is 32.4 Å². The summed E-state index contributed by atoms with van der Waals surface area (Å²) < 4.78 is 27.8. The van der Waals surface area contributed by atoms with Gasteiger partial charge in [0.15, 0.2) is 19.0 Å². The Morgan fingerprint density at radius 3 is 2.35 bits per heavy atom. The van der Waals surface area contributed by atoms with Crippen LogP contribution in [0.1, 0.15) is 19.4 Å². The van der Waals surface area contributed by atoms with Gasteiger partial charge in [-0.25, -0.2) is 0 Å². The summed E-state index contributed by atoms with van der Waals surface area (Å²) in [7, 11) is 3.04. The maximum absolute atomic E-state index is 13.1. The van der Waals surface area contributed by atoms with Crippen molar-refractivity contribution in [2.75, 3.05) is 27.8 Å². The second kappa shape index (κ2) is 10.1. The maximum atomic E-state index is 13.1. The summed E-state index contributed by atoms with van der Waals surface area (Å²) in [5.41, 5.74) is 2.53. The van der Waals surface area contributed by atoms with E-state index in [2.05, 4.69) is 0 Å². The standard InChI is InChI=1S/C24H26O7/c1-15(2)5-10-18-21(29-13-27-3)12-22-23(24(18)30-14-28-4)19(26)11-20(31-22)16-6-8-17(25)9-7-16/h5-9,11-12,25H,10,13-14H2,1-4H3. The van der Waals surface area contributed by atoms with Crippen molar-refractivity contribution < 1.29 is 28.5 Å². The Morgan fingerprint density at radius 2 is 1.71 bits per heavy atom. The van der Waals surface area contributed by atoms with Crippen LogP contribution in [0, 0.1) is 0 Å². The molecule has 0 aliphatic carbocycles. The highest BCUT2D eigenvalue weighted by Gasteiger charge is 2.21. The molecule has 2 aromatic carbocycles. The van der Waals surface area contributed by atoms with Crippen LogP contribution < -0.4 is 14.9 Å². The Kier molecular flexibility index (Phi) is 7.33. The van der Waals surface area contributed by atoms with Gasteiger partial charge in [0, 0.05) is 37.5 Å². The first-order chi connectivity index (χ1) is 14.9. The molecule has 0 saturated carbocycles. The molecule has 7 nitrogen and oxygen atoms in total. The van der Waals surface area contributed by atoms with Crippen LogP contribution in [0.4, 0.5) is 0 Å². The molecule has 1 aromatic heterocycles. The minimum atomic E-state index is -0.257. The van der Waals surface area contributed by atoms with Crippen molar-refractivity contribution in [2.24, 2.45) is 0 Å². The Labute approximate surface area is 180 Å². The summed E-state index contributed by atoms with van der Waals surface area (Å²) in [6.07, 6.45) is 2.52. The molecular formula is C24H26O7. The highest BCUT2D eigenvalue weighted by Crippen LogP contribution is 2.38. The van der Waals surface area contributed by atoms with E-state index in [0.29, 0.717) is 45.8 Å². The quantitative estimate of drug-likeness (QED) is 0.394. The summed E-state index contributed by atoms with van der Waals surface area (Å²) in [6.45, 7) is 3.97. The predicted octanol–water partition coefficient (Wildman–Crippen LogP) is 4.64. The van der Waals surface area contributed by atoms with Gasteiger partial charge in [-0.3, -0.25) is 4.79 Å². The third-order valence-electron chi connectivity index (χ3n) is 4.56. The number of fused-ring (bicyclic) bond motifs is 1. The normalized spacial score (nSPS) is 10.8. The largest absolute Gasteiger partial charge is 0.508 e. The molecular weight excluding hydrogens is 400 g/mol. The van der Waals surface area contributed by atoms with E-state index in [4.69, 9.17) is 23.4 Å². The lowest BCUT2D eigenvalue weighted by atomic mass is 10.0. The zero-order valence-corrected chi connectivity index (χ0v) is 18.1. The van der Waals surface area contributed by atoms with Crippen LogP contribution in [0.5, 0.6) is 17.2 Å². The maximum Gasteiger partial charge on any atom is 0.197 e. The van der Waals surface area contributed by atoms with Crippen LogP contribution in [0.25, 0.3) is 22.3 Å². The summed E-state index contributed by atoms with van der Waals surface area (Å²) in [5.74, 6) is 1.34. The second-order valence-corrected chi connectivity index (χ2v) is 7.16. The van der Waals surface area contributed by atoms with Gasteiger partial charge in [0.2, 0.25) is 0 Å². The van der Waals surface area contributed by atoms with Crippen molar-refractivity contribution in [1.82, 2.24) is 0 Å². The van der Waals surface area contributed by atoms with Crippen LogP contribution in [0.15, 0.2) is 57.3 Å². The molecule has 0 atom stereocenters. The van der Waals surface area contributed by atoms with Gasteiger partial charge < -0.3 is 28.5 Å². The van der Waals surface area contributed by atoms with Crippen LogP contribution in [-0.4, -0.2) is 32.9 Å². The number of aromatic hydroxyl groups is 1. The zero-order valence-electron chi connectivity index (χ0n) is 18.1. The van der Waals surface area contributed by atoms with Gasteiger partial charge in [0.25, 0.3) is 0 Å². The van der Waals surface area contributed by atoms with Gasteiger partial charge in [-0.1, -0.05) is 11.6 Å². The number of methoxy groups -OCH3 is 2. The molecule has 0 aliphatic heterocycles. The first kappa shape index (κ1) is 22.4. The molecule has 3 rings (SSSR count). The lowest BCUT2D eigenvalue weighted by Gasteiger charge is -2.17. The number of hydrogen-bond acceptors (Lipinski definition) is 7. The minimum Gasteiger partial charge on any atom is -0.508 e. The smallest absolute Gasteiger partial charge is 0.197 e. The monoisotopic (exact) mass is 426 g/mol. The third kappa shape index (κ3) is 5.25. The molecule has 3 aromatic rings. The molecule has 31 heavy (non-hydrogen) atoms. The fourth-order valence-electron chi connectivity index (χ4n) is 3.10. The zero-order chi connectivity index (χ0) is 22.4. The van der Waals surface area contributed by atoms with Crippen LogP contribution >= 0.6 is 0 Å². The molecule has 0 unspecified atom stereocenters. The van der Waals surface area contributed by atoms with Crippen LogP contribution in [-0.2, 0) is 15.9 Å². The first-order valence-electron chi connectivity index (χ1n) is 9.74. The Hall–Kier alpha value is -3.29. The molecule has 0 aliphatic rings. The Morgan fingerprint density at radius 1 is 1.03 bits per heavy atom. The van der Waals surface area contributed by atoms with E-state index in [9.17, 15) is 9.90 Å². The number of allylic oxidation sites excluding steroid dienone is 2. The van der Waals surface area contributed by atoms with Crippen molar-refractivity contribution >= 4 is 11.0 Å². The van der Waals surface area contributed by atoms with E-state index in [1.807, 2.05) is 19.9 Å². The lowest BCUT2D eigenvalue weighted by Crippen LogP contribution is -2.10. The average Bonchev–Trinajstić information content (AvgIpc) is 2.74. The molecule has 1 N–H and O–H groups in total. The molecule has 0 fully saturated rings. The summed E-state index contributed by atoms with van der Waals surface area (Å²) in [5, 5.41) is 9.84. The van der Waals surface area contributed by atoms with Crippen molar-refractivity contribution in [3.63, 3.8) is 0 Å². The molecule has 1 heterocycles. The number of rotatable bonds is 9. The molecule has 0 amide bonds. The number of hydrogen-bond donors (Lipinski definition) is 1. The van der Waals surface area contributed by atoms with E-state index < -0.39 is 0 Å². The van der Waals surface area contributed by atoms with Crippen molar-refractivity contribution in [2.45, 2.75) is 20.3 Å². The summed E-state index contributed by atoms with van der Waals surface area (Å²) in [4.78, 5) is 13.1. The topological polar surface area (TPSA) is 87.4 Å². The van der Waals surface area contributed by atoms with Gasteiger partial charge in [0.05, 0.1) is 0 Å². The minimum absolute atomic E-state index is 0.0267. The van der Waals surface area contributed by atoms with Crippen LogP contribution in [0.3, 0.4) is 0 Å². The van der Waals surface area contributed by atoms with E-state index in [0.717, 1.165) is 5.57 Å². The summed E-state index contributed by atoms with van der Waals surface area (Å²) in [6, 6.07) is 9.49. The highest BCUT2D eigenvalue weighted by molar-refractivity contribution is 5.88. The van der Waals surface area contributed by atoms with Crippen LogP contribution in [0.2, 0.25) is 0 Å². The number of phenols is 1. The van der Waals surface area contributed by atoms with E-state index in [1.54, 1.807) is 18.2 Å². The fraction of sp³-hybridized carbons (Fsp3) is 0.292. The molecule has 164 valence electrons. The summed E-state index contributed by atoms with van der Waals surface area (Å²) >= 11 is 0. The van der Waals surface area contributed by atoms with Crippen molar-refractivity contribution in [3.05, 3.63) is 63.8 Å². The predicted molar refractivity (Wildman–Crippen MR) is 118 cm³/mol. The Bertz CT molecular complexity index is 1120. The fourth-order valence-corrected chi connectivity index (χ4v) is 3.10. The molecule has 0 bridgehead atoms. The second-order valence-electron chi connectivity index (χ2n) is 7.16. The number of benzene rings is 2. The van der Waals surface area contributed by atoms with Crippen molar-refractivity contribution in [3.8, 4) is 28.6 Å². The van der Waals surface area contributed by atoms with Gasteiger partial charge in [-0.15, -0.1) is 0 Å². The number of phenolic OH excluding ortho intramolecular Hbond substituents is 1. The SMILES string of the molecule is COCOc1cc2oc(-c3ccc(O)cc3)cc(=O)c2c(OCOC)c1CC=C(C)C. The lowest BCUT2D eigenvalue weighted by molar-refractivity contribution is 0.0455. The van der Waals surface area contributed by atoms with Crippen molar-refractivity contribution in [1.29, 1.82) is 0 Å². The third-order valence-corrected chi connectivity index (χ3v) is 4.56. The van der Waals surface area contributed by atoms with Gasteiger partial charge in [-0.2, -0.15) is 0 Å². The molecule has 7 heteroatoms. The van der Waals surface area contributed by atoms with Gasteiger partial charge in [0.1, 0.15) is 34.0 Å². The Balaban J connectivity index is 2.26. The average molecular weight is 426 g/mol. The molecule has 0 saturated heterocycles. The van der Waals surface area contributed by atoms with Gasteiger partial charge >= 0.3 is 0 Å². The number of ether oxygens (including phenoxy) is 4. The molecule has 0 radical (unpaired) electrons. The first-order valence-corrected chi connectivity index (χ1v) is 9.74. The van der Waals surface area contributed by atoms with E-state index >= 15 is 0 Å². The highest BCUT2D eigenvalue weighted by atomic mass is 16.7. The molecule has 0 spiro atoms. The van der Waals surface area contributed by atoms with E-state index in [-0.39, 0.29) is 24.8 Å².